The molecule has 7 heteroatoms. The third-order valence-electron chi connectivity index (χ3n) is 3.36. The van der Waals surface area contributed by atoms with Gasteiger partial charge in [0.2, 0.25) is 0 Å². The lowest BCUT2D eigenvalue weighted by Crippen LogP contribution is -2.40. The van der Waals surface area contributed by atoms with Crippen molar-refractivity contribution in [1.82, 2.24) is 14.7 Å². The summed E-state index contributed by atoms with van der Waals surface area (Å²) in [6.07, 6.45) is 8.81. The highest BCUT2D eigenvalue weighted by atomic mass is 32.2. The van der Waals surface area contributed by atoms with Crippen LogP contribution in [0.25, 0.3) is 5.70 Å². The van der Waals surface area contributed by atoms with E-state index in [0.29, 0.717) is 18.5 Å². The molecule has 2 aliphatic rings. The number of dihydropyridines is 1. The number of nitrogens with zero attached hydrogens (tertiary/aromatic N) is 4. The van der Waals surface area contributed by atoms with Gasteiger partial charge in [-0.15, -0.1) is 0 Å². The van der Waals surface area contributed by atoms with Crippen molar-refractivity contribution in [2.24, 2.45) is 4.99 Å². The molecule has 0 fully saturated rings. The first-order valence-corrected chi connectivity index (χ1v) is 8.26. The molecule has 1 aromatic rings. The van der Waals surface area contributed by atoms with Gasteiger partial charge in [-0.3, -0.25) is 14.7 Å². The third-order valence-corrected chi connectivity index (χ3v) is 4.04. The number of aromatic nitrogens is 2. The van der Waals surface area contributed by atoms with E-state index in [4.69, 9.17) is 0 Å². The first-order valence-electron chi connectivity index (χ1n) is 6.53. The molecule has 106 valence electrons. The number of hydrogen-bond donors (Lipinski definition) is 0. The predicted molar refractivity (Wildman–Crippen MR) is 78.1 cm³/mol. The van der Waals surface area contributed by atoms with Crippen LogP contribution in [0.5, 0.6) is 0 Å². The van der Waals surface area contributed by atoms with Gasteiger partial charge in [0.05, 0.1) is 23.2 Å². The molecular formula is C13H16N4O2S. The first kappa shape index (κ1) is 13.4. The molecule has 3 rings (SSSR count). The van der Waals surface area contributed by atoms with Crippen LogP contribution in [-0.2, 0) is 17.6 Å². The van der Waals surface area contributed by atoms with E-state index in [1.807, 2.05) is 0 Å². The Hall–Kier alpha value is -1.60. The predicted octanol–water partition coefficient (Wildman–Crippen LogP) is 0.533. The van der Waals surface area contributed by atoms with E-state index < -0.39 is 11.2 Å². The van der Waals surface area contributed by atoms with Gasteiger partial charge in [-0.1, -0.05) is 6.08 Å². The van der Waals surface area contributed by atoms with Gasteiger partial charge in [0, 0.05) is 31.9 Å². The highest BCUT2D eigenvalue weighted by Crippen LogP contribution is 2.20. The van der Waals surface area contributed by atoms with E-state index in [9.17, 15) is 9.35 Å². The number of hydrogen-bond acceptors (Lipinski definition) is 4. The Morgan fingerprint density at radius 3 is 3.05 bits per heavy atom. The topological polar surface area (TPSA) is 73.5 Å². The molecule has 0 saturated carbocycles. The van der Waals surface area contributed by atoms with E-state index in [1.54, 1.807) is 28.2 Å². The highest BCUT2D eigenvalue weighted by molar-refractivity contribution is 7.90. The minimum Gasteiger partial charge on any atom is -0.615 e. The lowest BCUT2D eigenvalue weighted by Gasteiger charge is -2.25. The van der Waals surface area contributed by atoms with Crippen LogP contribution in [0.1, 0.15) is 22.5 Å². The molecular weight excluding hydrogens is 276 g/mol. The summed E-state index contributed by atoms with van der Waals surface area (Å²) in [5, 5.41) is 4.47. The van der Waals surface area contributed by atoms with Crippen molar-refractivity contribution < 1.29 is 9.35 Å². The number of amides is 1. The van der Waals surface area contributed by atoms with Crippen molar-refractivity contribution in [2.45, 2.75) is 12.8 Å². The molecule has 1 unspecified atom stereocenters. The van der Waals surface area contributed by atoms with Gasteiger partial charge in [0.25, 0.3) is 5.91 Å². The van der Waals surface area contributed by atoms with Crippen LogP contribution in [0.15, 0.2) is 17.3 Å². The molecule has 20 heavy (non-hydrogen) atoms. The molecule has 6 nitrogen and oxygen atoms in total. The van der Waals surface area contributed by atoms with Gasteiger partial charge in [0.15, 0.2) is 5.88 Å². The van der Waals surface area contributed by atoms with Crippen LogP contribution in [0.2, 0.25) is 0 Å². The molecule has 0 saturated heterocycles. The van der Waals surface area contributed by atoms with E-state index in [0.717, 1.165) is 24.4 Å². The van der Waals surface area contributed by atoms with E-state index in [1.165, 1.54) is 0 Å². The molecule has 0 aromatic carbocycles. The number of allylic oxidation sites excluding steroid dienone is 1. The maximum Gasteiger partial charge on any atom is 0.260 e. The maximum absolute atomic E-state index is 12.3. The summed E-state index contributed by atoms with van der Waals surface area (Å²) in [6, 6.07) is 0. The van der Waals surface area contributed by atoms with Crippen molar-refractivity contribution in [3.05, 3.63) is 23.5 Å². The van der Waals surface area contributed by atoms with Gasteiger partial charge in [-0.25, -0.2) is 4.68 Å². The number of fused-ring (bicyclic) bond motifs is 1. The Balaban J connectivity index is 1.86. The van der Waals surface area contributed by atoms with E-state index in [-0.39, 0.29) is 11.8 Å². The van der Waals surface area contributed by atoms with Crippen molar-refractivity contribution >= 4 is 29.0 Å². The fourth-order valence-electron chi connectivity index (χ4n) is 2.41. The van der Waals surface area contributed by atoms with Crippen LogP contribution in [0.4, 0.5) is 0 Å². The minimum absolute atomic E-state index is 0.0824. The standard InChI is InChI=1S/C13H16N4O2S/c1-20(19)9-16-6-4-12-11(13(16)18)8-17(15-12)10-3-2-5-14-7-10/h3,7-8H,2,4-6,9H2,1H3. The second-order valence-corrected chi connectivity index (χ2v) is 6.31. The van der Waals surface area contributed by atoms with Gasteiger partial charge < -0.3 is 4.55 Å². The van der Waals surface area contributed by atoms with Crippen LogP contribution < -0.4 is 0 Å². The fraction of sp³-hybridized carbons (Fsp3) is 0.462. The van der Waals surface area contributed by atoms with Crippen molar-refractivity contribution in [1.29, 1.82) is 0 Å². The normalized spacial score (nSPS) is 19.8. The van der Waals surface area contributed by atoms with Gasteiger partial charge in [-0.05, 0) is 17.6 Å². The summed E-state index contributed by atoms with van der Waals surface area (Å²) in [4.78, 5) is 18.2. The maximum atomic E-state index is 12.3. The smallest absolute Gasteiger partial charge is 0.260 e. The summed E-state index contributed by atoms with van der Waals surface area (Å²) in [5.41, 5.74) is 2.33. The number of rotatable bonds is 3. The summed E-state index contributed by atoms with van der Waals surface area (Å²) >= 11 is -1.01. The first-order chi connectivity index (χ1) is 9.65. The van der Waals surface area contributed by atoms with Crippen molar-refractivity contribution in [2.75, 3.05) is 25.2 Å². The number of carbonyl (C=O) groups is 1. The van der Waals surface area contributed by atoms with Crippen LogP contribution >= 0.6 is 0 Å². The molecule has 1 aromatic heterocycles. The SMILES string of the molecule is C[S+]([O-])CN1CCc2nn(C3=CCCN=C3)cc2C1=O. The lowest BCUT2D eigenvalue weighted by atomic mass is 10.1. The van der Waals surface area contributed by atoms with Crippen molar-refractivity contribution in [3.8, 4) is 0 Å². The Kier molecular flexibility index (Phi) is 3.62. The van der Waals surface area contributed by atoms with Crippen LogP contribution in [0.3, 0.4) is 0 Å². The molecule has 0 bridgehead atoms. The summed E-state index contributed by atoms with van der Waals surface area (Å²) < 4.78 is 13.0. The molecule has 0 spiro atoms. The molecule has 1 amide bonds. The third kappa shape index (κ3) is 2.51. The quantitative estimate of drug-likeness (QED) is 0.763. The second kappa shape index (κ2) is 5.41. The largest absolute Gasteiger partial charge is 0.615 e. The fourth-order valence-corrected chi connectivity index (χ4v) is 3.10. The molecule has 0 radical (unpaired) electrons. The number of aliphatic imine (C=N–C) groups is 1. The zero-order chi connectivity index (χ0) is 14.1. The van der Waals surface area contributed by atoms with Gasteiger partial charge in [-0.2, -0.15) is 5.10 Å². The molecule has 2 aliphatic heterocycles. The Labute approximate surface area is 120 Å². The van der Waals surface area contributed by atoms with Crippen LogP contribution in [-0.4, -0.2) is 56.6 Å². The molecule has 3 heterocycles. The monoisotopic (exact) mass is 292 g/mol. The van der Waals surface area contributed by atoms with E-state index in [2.05, 4.69) is 16.2 Å². The lowest BCUT2D eigenvalue weighted by molar-refractivity contribution is 0.0768. The molecule has 0 N–H and O–H groups in total. The van der Waals surface area contributed by atoms with Crippen LogP contribution in [0, 0.1) is 0 Å². The number of carbonyl (C=O) groups excluding carboxylic acids is 1. The zero-order valence-corrected chi connectivity index (χ0v) is 12.1. The summed E-state index contributed by atoms with van der Waals surface area (Å²) in [5.74, 6) is 0.203. The Morgan fingerprint density at radius 1 is 1.50 bits per heavy atom. The van der Waals surface area contributed by atoms with E-state index >= 15 is 0 Å². The van der Waals surface area contributed by atoms with Crippen molar-refractivity contribution in [3.63, 3.8) is 0 Å². The molecule has 0 aliphatic carbocycles. The summed E-state index contributed by atoms with van der Waals surface area (Å²) in [6.45, 7) is 1.38. The van der Waals surface area contributed by atoms with Gasteiger partial charge in [0.1, 0.15) is 0 Å². The second-order valence-electron chi connectivity index (χ2n) is 4.91. The average molecular weight is 292 g/mol. The summed E-state index contributed by atoms with van der Waals surface area (Å²) in [7, 11) is 0. The molecule has 1 atom stereocenters. The Morgan fingerprint density at radius 2 is 2.35 bits per heavy atom. The van der Waals surface area contributed by atoms with Gasteiger partial charge >= 0.3 is 0 Å². The zero-order valence-electron chi connectivity index (χ0n) is 11.3. The Bertz CT molecular complexity index is 591. The minimum atomic E-state index is -1.01. The average Bonchev–Trinajstić information content (AvgIpc) is 2.87. The highest BCUT2D eigenvalue weighted by Gasteiger charge is 2.29.